The van der Waals surface area contributed by atoms with E-state index in [9.17, 15) is 13.6 Å². The van der Waals surface area contributed by atoms with E-state index in [2.05, 4.69) is 0 Å². The summed E-state index contributed by atoms with van der Waals surface area (Å²) in [5.74, 6) is -1.33. The van der Waals surface area contributed by atoms with Crippen molar-refractivity contribution in [1.82, 2.24) is 0 Å². The van der Waals surface area contributed by atoms with Crippen molar-refractivity contribution in [3.63, 3.8) is 0 Å². The maximum Gasteiger partial charge on any atom is 0.253 e. The summed E-state index contributed by atoms with van der Waals surface area (Å²) >= 11 is 11.1. The van der Waals surface area contributed by atoms with Gasteiger partial charge in [-0.1, -0.05) is 29.8 Å². The van der Waals surface area contributed by atoms with Gasteiger partial charge < -0.3 is 0 Å². The number of carbonyl (C=O) groups excluding carboxylic acids is 1. The number of halogens is 4. The monoisotopic (exact) mass is 286 g/mol. The summed E-state index contributed by atoms with van der Waals surface area (Å²) in [7, 11) is 0. The van der Waals surface area contributed by atoms with Gasteiger partial charge in [-0.2, -0.15) is 0 Å². The minimum atomic E-state index is -0.862. The van der Waals surface area contributed by atoms with Crippen molar-refractivity contribution in [2.45, 2.75) is 0 Å². The predicted octanol–water partition coefficient (Wildman–Crippen LogP) is 4.66. The lowest BCUT2D eigenvalue weighted by molar-refractivity contribution is 0.108. The summed E-state index contributed by atoms with van der Waals surface area (Å²) in [6.45, 7) is 0. The highest BCUT2D eigenvalue weighted by Crippen LogP contribution is 2.31. The van der Waals surface area contributed by atoms with Crippen LogP contribution in [-0.2, 0) is 0 Å². The van der Waals surface area contributed by atoms with E-state index in [1.165, 1.54) is 24.3 Å². The van der Waals surface area contributed by atoms with Crippen LogP contribution in [0.2, 0.25) is 5.02 Å². The van der Waals surface area contributed by atoms with Gasteiger partial charge in [0.25, 0.3) is 5.24 Å². The molecule has 0 fully saturated rings. The van der Waals surface area contributed by atoms with Gasteiger partial charge in [-0.3, -0.25) is 4.79 Å². The van der Waals surface area contributed by atoms with Crippen LogP contribution in [0.4, 0.5) is 8.78 Å². The molecule has 0 aliphatic carbocycles. The molecule has 18 heavy (non-hydrogen) atoms. The molecule has 2 aromatic rings. The topological polar surface area (TPSA) is 17.1 Å². The first kappa shape index (κ1) is 13.0. The van der Waals surface area contributed by atoms with Gasteiger partial charge in [-0.05, 0) is 29.8 Å². The van der Waals surface area contributed by atoms with Crippen LogP contribution in [0.1, 0.15) is 10.4 Å². The quantitative estimate of drug-likeness (QED) is 0.734. The molecule has 0 aliphatic heterocycles. The first-order chi connectivity index (χ1) is 8.50. The third kappa shape index (κ3) is 2.37. The third-order valence-electron chi connectivity index (χ3n) is 2.43. The van der Waals surface area contributed by atoms with Crippen molar-refractivity contribution < 1.29 is 13.6 Å². The van der Waals surface area contributed by atoms with Crippen LogP contribution in [-0.4, -0.2) is 5.24 Å². The molecule has 0 saturated carbocycles. The molecular weight excluding hydrogens is 281 g/mol. The predicted molar refractivity (Wildman–Crippen MR) is 67.0 cm³/mol. The fourth-order valence-electron chi connectivity index (χ4n) is 1.58. The molecule has 0 heterocycles. The molecule has 0 aromatic heterocycles. The van der Waals surface area contributed by atoms with Crippen molar-refractivity contribution in [3.8, 4) is 11.1 Å². The Kier molecular flexibility index (Phi) is 3.64. The molecule has 92 valence electrons. The lowest BCUT2D eigenvalue weighted by Gasteiger charge is -2.07. The summed E-state index contributed by atoms with van der Waals surface area (Å²) in [4.78, 5) is 11.0. The van der Waals surface area contributed by atoms with Crippen molar-refractivity contribution >= 4 is 28.4 Å². The zero-order chi connectivity index (χ0) is 13.3. The number of hydrogen-bond donors (Lipinski definition) is 0. The Morgan fingerprint density at radius 3 is 2.28 bits per heavy atom. The second-order valence-corrected chi connectivity index (χ2v) is 4.32. The van der Waals surface area contributed by atoms with Crippen LogP contribution >= 0.6 is 23.2 Å². The van der Waals surface area contributed by atoms with E-state index in [0.29, 0.717) is 0 Å². The number of benzene rings is 2. The Labute approximate surface area is 112 Å². The van der Waals surface area contributed by atoms with E-state index in [1.807, 2.05) is 0 Å². The summed E-state index contributed by atoms with van der Waals surface area (Å²) in [6.07, 6.45) is 0. The molecule has 2 aromatic carbocycles. The minimum Gasteiger partial charge on any atom is -0.276 e. The summed E-state index contributed by atoms with van der Waals surface area (Å²) in [6, 6.07) is 7.79. The largest absolute Gasteiger partial charge is 0.276 e. The fraction of sp³-hybridized carbons (Fsp3) is 0. The summed E-state index contributed by atoms with van der Waals surface area (Å²) in [5, 5.41) is -0.881. The maximum absolute atomic E-state index is 13.8. The Morgan fingerprint density at radius 1 is 1.00 bits per heavy atom. The van der Waals surface area contributed by atoms with E-state index >= 15 is 0 Å². The van der Waals surface area contributed by atoms with Gasteiger partial charge in [0.15, 0.2) is 0 Å². The number of hydrogen-bond acceptors (Lipinski definition) is 1. The van der Waals surface area contributed by atoms with Gasteiger partial charge in [-0.25, -0.2) is 8.78 Å². The van der Waals surface area contributed by atoms with Crippen LogP contribution in [0.15, 0.2) is 36.4 Å². The van der Waals surface area contributed by atoms with Crippen LogP contribution in [0.3, 0.4) is 0 Å². The second kappa shape index (κ2) is 5.04. The van der Waals surface area contributed by atoms with Gasteiger partial charge in [0, 0.05) is 11.1 Å². The Balaban J connectivity index is 2.64. The van der Waals surface area contributed by atoms with Gasteiger partial charge in [-0.15, -0.1) is 0 Å². The van der Waals surface area contributed by atoms with Gasteiger partial charge in [0.2, 0.25) is 0 Å². The molecule has 0 aliphatic rings. The molecule has 0 bridgehead atoms. The smallest absolute Gasteiger partial charge is 0.253 e. The van der Waals surface area contributed by atoms with E-state index < -0.39 is 16.9 Å². The van der Waals surface area contributed by atoms with E-state index in [4.69, 9.17) is 23.2 Å². The summed E-state index contributed by atoms with van der Waals surface area (Å²) < 4.78 is 27.4. The second-order valence-electron chi connectivity index (χ2n) is 3.57. The molecule has 2 rings (SSSR count). The van der Waals surface area contributed by atoms with E-state index in [1.54, 1.807) is 6.07 Å². The van der Waals surface area contributed by atoms with Crippen molar-refractivity contribution in [2.75, 3.05) is 0 Å². The van der Waals surface area contributed by atoms with Gasteiger partial charge in [0.05, 0.1) is 10.6 Å². The van der Waals surface area contributed by atoms with Gasteiger partial charge >= 0.3 is 0 Å². The zero-order valence-corrected chi connectivity index (χ0v) is 10.4. The Morgan fingerprint density at radius 2 is 1.67 bits per heavy atom. The lowest BCUT2D eigenvalue weighted by Crippen LogP contribution is -1.95. The molecule has 0 amide bonds. The molecule has 0 saturated heterocycles. The standard InChI is InChI=1S/C13H6Cl2F2O/c14-10-5-8(7-3-1-2-4-11(7)16)12(17)6-9(10)13(15)18/h1-6H. The number of rotatable bonds is 2. The molecule has 0 spiro atoms. The molecule has 5 heteroatoms. The highest BCUT2D eigenvalue weighted by atomic mass is 35.5. The number of carbonyl (C=O) groups is 1. The molecule has 1 nitrogen and oxygen atoms in total. The van der Waals surface area contributed by atoms with Gasteiger partial charge in [0.1, 0.15) is 11.6 Å². The van der Waals surface area contributed by atoms with Crippen molar-refractivity contribution in [3.05, 3.63) is 58.6 Å². The molecular formula is C13H6Cl2F2O. The first-order valence-corrected chi connectivity index (χ1v) is 5.70. The highest BCUT2D eigenvalue weighted by Gasteiger charge is 2.16. The SMILES string of the molecule is O=C(Cl)c1cc(F)c(-c2ccccc2F)cc1Cl. The van der Waals surface area contributed by atoms with E-state index in [-0.39, 0.29) is 21.7 Å². The first-order valence-electron chi connectivity index (χ1n) is 4.94. The Hall–Kier alpha value is -1.45. The van der Waals surface area contributed by atoms with Crippen LogP contribution in [0.25, 0.3) is 11.1 Å². The highest BCUT2D eigenvalue weighted by molar-refractivity contribution is 6.68. The van der Waals surface area contributed by atoms with Crippen LogP contribution in [0.5, 0.6) is 0 Å². The maximum atomic E-state index is 13.8. The fourth-order valence-corrected chi connectivity index (χ4v) is 2.04. The Bertz CT molecular complexity index is 626. The lowest BCUT2D eigenvalue weighted by atomic mass is 10.0. The van der Waals surface area contributed by atoms with Crippen molar-refractivity contribution in [2.24, 2.45) is 0 Å². The molecule has 0 unspecified atom stereocenters. The zero-order valence-electron chi connectivity index (χ0n) is 8.88. The molecule has 0 atom stereocenters. The third-order valence-corrected chi connectivity index (χ3v) is 2.95. The summed E-state index contributed by atoms with van der Waals surface area (Å²) in [5.41, 5.74) is -0.0823. The average Bonchev–Trinajstić information content (AvgIpc) is 2.32. The van der Waals surface area contributed by atoms with Crippen molar-refractivity contribution in [1.29, 1.82) is 0 Å². The molecule has 0 radical (unpaired) electrons. The average molecular weight is 287 g/mol. The van der Waals surface area contributed by atoms with E-state index in [0.717, 1.165) is 6.07 Å². The molecule has 0 N–H and O–H groups in total. The minimum absolute atomic E-state index is 0.0141. The van der Waals surface area contributed by atoms with Crippen LogP contribution in [0, 0.1) is 11.6 Å². The normalized spacial score (nSPS) is 10.4. The van der Waals surface area contributed by atoms with Crippen LogP contribution < -0.4 is 0 Å².